The Labute approximate surface area is 233 Å². The highest BCUT2D eigenvalue weighted by molar-refractivity contribution is 6.03. The summed E-state index contributed by atoms with van der Waals surface area (Å²) in [6.45, 7) is 7.61. The molecule has 0 aliphatic carbocycles. The molecule has 0 spiro atoms. The summed E-state index contributed by atoms with van der Waals surface area (Å²) < 4.78 is 4.38. The van der Waals surface area contributed by atoms with Gasteiger partial charge in [-0.15, -0.1) is 0 Å². The van der Waals surface area contributed by atoms with Crippen molar-refractivity contribution in [3.05, 3.63) is 80.1 Å². The lowest BCUT2D eigenvalue weighted by Crippen LogP contribution is -2.16. The molecule has 40 heavy (non-hydrogen) atoms. The molecule has 2 heterocycles. The number of carboxylic acid groups (broad SMARTS) is 1. The van der Waals surface area contributed by atoms with Gasteiger partial charge in [-0.25, -0.2) is 0 Å². The Morgan fingerprint density at radius 1 is 0.625 bits per heavy atom. The van der Waals surface area contributed by atoms with Gasteiger partial charge >= 0.3 is 5.97 Å². The van der Waals surface area contributed by atoms with E-state index >= 15 is 0 Å². The van der Waals surface area contributed by atoms with Crippen LogP contribution in [0.3, 0.4) is 0 Å². The van der Waals surface area contributed by atoms with Gasteiger partial charge in [0.25, 0.3) is 0 Å². The number of aromatic nitrogens is 2. The molecule has 0 saturated heterocycles. The predicted molar refractivity (Wildman–Crippen MR) is 165 cm³/mol. The molecule has 5 aromatic rings. The monoisotopic (exact) mass is 538 g/mol. The van der Waals surface area contributed by atoms with Crippen LogP contribution < -0.4 is 10.9 Å². The molecule has 0 unspecified atom stereocenters. The van der Waals surface area contributed by atoms with Crippen molar-refractivity contribution in [3.63, 3.8) is 0 Å². The first-order valence-electron chi connectivity index (χ1n) is 14.6. The highest BCUT2D eigenvalue weighted by Gasteiger charge is 2.17. The lowest BCUT2D eigenvalue weighted by molar-refractivity contribution is -0.137. The van der Waals surface area contributed by atoms with Crippen LogP contribution >= 0.6 is 0 Å². The topological polar surface area (TPSA) is 81.3 Å². The van der Waals surface area contributed by atoms with E-state index in [0.717, 1.165) is 71.8 Å². The molecule has 208 valence electrons. The summed E-state index contributed by atoms with van der Waals surface area (Å²) in [6, 6.07) is 15.9. The molecule has 2 aromatic heterocycles. The van der Waals surface area contributed by atoms with E-state index < -0.39 is 5.97 Å². The Morgan fingerprint density at radius 3 is 1.52 bits per heavy atom. The molecule has 0 amide bonds. The Balaban J connectivity index is 1.78. The quantitative estimate of drug-likeness (QED) is 0.140. The summed E-state index contributed by atoms with van der Waals surface area (Å²) >= 11 is 0. The Bertz CT molecular complexity index is 1860. The van der Waals surface area contributed by atoms with E-state index in [1.165, 1.54) is 6.42 Å². The smallest absolute Gasteiger partial charge is 0.303 e. The van der Waals surface area contributed by atoms with Crippen molar-refractivity contribution in [2.75, 3.05) is 0 Å². The number of hydrogen-bond donors (Lipinski definition) is 1. The predicted octanol–water partition coefficient (Wildman–Crippen LogP) is 7.46. The van der Waals surface area contributed by atoms with Gasteiger partial charge in [-0.3, -0.25) is 14.4 Å². The molecule has 6 nitrogen and oxygen atoms in total. The highest BCUT2D eigenvalue weighted by atomic mass is 16.4. The summed E-state index contributed by atoms with van der Waals surface area (Å²) in [6.07, 6.45) is 6.76. The molecular formula is C34H38N2O4. The average Bonchev–Trinajstić information content (AvgIpc) is 2.93. The van der Waals surface area contributed by atoms with Crippen LogP contribution in [0.25, 0.3) is 43.6 Å². The maximum Gasteiger partial charge on any atom is 0.303 e. The Hall–Kier alpha value is -3.93. The Kier molecular flexibility index (Phi) is 8.06. The van der Waals surface area contributed by atoms with Gasteiger partial charge in [-0.05, 0) is 69.5 Å². The minimum Gasteiger partial charge on any atom is -0.481 e. The van der Waals surface area contributed by atoms with Gasteiger partial charge in [0, 0.05) is 41.1 Å². The molecule has 0 atom stereocenters. The number of benzene rings is 3. The van der Waals surface area contributed by atoms with Crippen LogP contribution in [0.5, 0.6) is 0 Å². The number of pyridine rings is 2. The van der Waals surface area contributed by atoms with E-state index in [0.29, 0.717) is 34.5 Å². The molecular weight excluding hydrogens is 500 g/mol. The zero-order chi connectivity index (χ0) is 28.4. The zero-order valence-corrected chi connectivity index (χ0v) is 23.8. The van der Waals surface area contributed by atoms with Crippen LogP contribution in [-0.4, -0.2) is 20.2 Å². The number of hydrogen-bond acceptors (Lipinski definition) is 3. The van der Waals surface area contributed by atoms with Gasteiger partial charge in [0.05, 0.1) is 22.1 Å². The van der Waals surface area contributed by atoms with E-state index in [-0.39, 0.29) is 17.3 Å². The summed E-state index contributed by atoms with van der Waals surface area (Å²) in [5.41, 5.74) is 5.35. The molecule has 0 radical (unpaired) electrons. The van der Waals surface area contributed by atoms with E-state index in [1.54, 1.807) is 0 Å². The molecule has 0 aliphatic rings. The van der Waals surface area contributed by atoms with Crippen molar-refractivity contribution in [3.8, 4) is 0 Å². The van der Waals surface area contributed by atoms with Crippen LogP contribution in [0.1, 0.15) is 69.4 Å². The second-order valence-corrected chi connectivity index (χ2v) is 11.2. The molecule has 0 fully saturated rings. The van der Waals surface area contributed by atoms with Crippen LogP contribution in [0.15, 0.2) is 58.1 Å². The fraction of sp³-hybridized carbons (Fsp3) is 0.382. The number of carbonyl (C=O) groups is 1. The second-order valence-electron chi connectivity index (χ2n) is 11.2. The van der Waals surface area contributed by atoms with Gasteiger partial charge in [-0.2, -0.15) is 0 Å². The second kappa shape index (κ2) is 11.7. The normalized spacial score (nSPS) is 11.8. The fourth-order valence-corrected chi connectivity index (χ4v) is 5.97. The third-order valence-corrected chi connectivity index (χ3v) is 8.07. The lowest BCUT2D eigenvalue weighted by Gasteiger charge is -2.19. The molecule has 1 N–H and O–H groups in total. The number of nitrogens with zero attached hydrogens (tertiary/aromatic N) is 2. The minimum absolute atomic E-state index is 0.00938. The first-order chi connectivity index (χ1) is 19.3. The van der Waals surface area contributed by atoms with Gasteiger partial charge < -0.3 is 14.2 Å². The van der Waals surface area contributed by atoms with E-state index in [9.17, 15) is 14.4 Å². The number of unbranched alkanes of at least 4 members (excludes halogenated alkanes) is 5. The summed E-state index contributed by atoms with van der Waals surface area (Å²) in [7, 11) is 0. The van der Waals surface area contributed by atoms with Crippen molar-refractivity contribution in [1.82, 2.24) is 9.13 Å². The molecule has 6 heteroatoms. The van der Waals surface area contributed by atoms with E-state index in [2.05, 4.69) is 16.1 Å². The van der Waals surface area contributed by atoms with Crippen LogP contribution in [-0.2, 0) is 17.9 Å². The number of carboxylic acids is 1. The molecule has 0 aliphatic heterocycles. The van der Waals surface area contributed by atoms with Crippen molar-refractivity contribution in [2.45, 2.75) is 85.2 Å². The maximum absolute atomic E-state index is 13.9. The summed E-state index contributed by atoms with van der Waals surface area (Å²) in [4.78, 5) is 38.8. The Morgan fingerprint density at radius 2 is 1.07 bits per heavy atom. The first kappa shape index (κ1) is 27.6. The third kappa shape index (κ3) is 5.27. The molecule has 3 aromatic carbocycles. The molecule has 5 rings (SSSR count). The van der Waals surface area contributed by atoms with Crippen LogP contribution in [0, 0.1) is 13.8 Å². The minimum atomic E-state index is -0.783. The first-order valence-corrected chi connectivity index (χ1v) is 14.6. The SMILES string of the molecule is CCCCCCn1c2ccc(C)cc2c(=O)c2cc3c(cc21)c(=O)c1cc(C)ccc1n3CCCCCC(=O)O. The number of rotatable bonds is 11. The van der Waals surface area contributed by atoms with E-state index in [4.69, 9.17) is 5.11 Å². The number of aryl methyl sites for hydroxylation is 4. The summed E-state index contributed by atoms with van der Waals surface area (Å²) in [5, 5.41) is 11.6. The molecule has 0 bridgehead atoms. The van der Waals surface area contributed by atoms with Crippen molar-refractivity contribution in [2.24, 2.45) is 0 Å². The largest absolute Gasteiger partial charge is 0.481 e. The summed E-state index contributed by atoms with van der Waals surface area (Å²) in [5.74, 6) is -0.783. The fourth-order valence-electron chi connectivity index (χ4n) is 5.97. The van der Waals surface area contributed by atoms with Crippen LogP contribution in [0.4, 0.5) is 0 Å². The van der Waals surface area contributed by atoms with Gasteiger partial charge in [0.15, 0.2) is 10.9 Å². The van der Waals surface area contributed by atoms with Crippen molar-refractivity contribution >= 4 is 49.6 Å². The van der Waals surface area contributed by atoms with Crippen molar-refractivity contribution < 1.29 is 9.90 Å². The van der Waals surface area contributed by atoms with Gasteiger partial charge in [0.1, 0.15) is 0 Å². The van der Waals surface area contributed by atoms with Crippen molar-refractivity contribution in [1.29, 1.82) is 0 Å². The highest BCUT2D eigenvalue weighted by Crippen LogP contribution is 2.28. The standard InChI is InChI=1S/C34H38N2O4/c1-4-5-6-9-16-35-28-14-12-22(2)18-24(28)33(39)26-21-31-27(20-30(26)35)34(40)25-19-23(3)13-15-29(25)36(31)17-10-7-8-11-32(37)38/h12-15,18-21H,4-11,16-17H2,1-3H3,(H,37,38). The zero-order valence-electron chi connectivity index (χ0n) is 23.8. The van der Waals surface area contributed by atoms with E-state index in [1.807, 2.05) is 62.4 Å². The maximum atomic E-state index is 13.9. The average molecular weight is 539 g/mol. The third-order valence-electron chi connectivity index (χ3n) is 8.07. The van der Waals surface area contributed by atoms with Gasteiger partial charge in [0.2, 0.25) is 0 Å². The molecule has 0 saturated carbocycles. The van der Waals surface area contributed by atoms with Crippen LogP contribution in [0.2, 0.25) is 0 Å². The lowest BCUT2D eigenvalue weighted by atomic mass is 10.0. The number of aliphatic carboxylic acids is 1. The number of fused-ring (bicyclic) bond motifs is 4. The van der Waals surface area contributed by atoms with Gasteiger partial charge in [-0.1, -0.05) is 55.9 Å².